The molecular formula is C26H39ClN6O. The van der Waals surface area contributed by atoms with Gasteiger partial charge in [0.1, 0.15) is 18.1 Å². The van der Waals surface area contributed by atoms with Crippen LogP contribution in [0.15, 0.2) is 36.5 Å². The minimum Gasteiger partial charge on any atom is -0.382 e. The first-order valence-electron chi connectivity index (χ1n) is 12.4. The molecule has 0 radical (unpaired) electrons. The average molecular weight is 487 g/mol. The van der Waals surface area contributed by atoms with Gasteiger partial charge in [-0.3, -0.25) is 0 Å². The minimum absolute atomic E-state index is 0. The Morgan fingerprint density at radius 3 is 2.59 bits per heavy atom. The van der Waals surface area contributed by atoms with Crippen molar-refractivity contribution in [3.05, 3.63) is 53.5 Å². The Hall–Kier alpha value is -2.19. The molecule has 4 rings (SSSR count). The third kappa shape index (κ3) is 7.15. The van der Waals surface area contributed by atoms with Crippen LogP contribution in [0.2, 0.25) is 0 Å². The predicted octanol–water partition coefficient (Wildman–Crippen LogP) is 4.18. The van der Waals surface area contributed by atoms with Gasteiger partial charge in [0.05, 0.1) is 12.1 Å². The molecule has 34 heavy (non-hydrogen) atoms. The summed E-state index contributed by atoms with van der Waals surface area (Å²) in [6, 6.07) is 10.2. The average Bonchev–Trinajstić information content (AvgIpc) is 3.19. The molecule has 3 N–H and O–H groups in total. The molecule has 0 atom stereocenters. The van der Waals surface area contributed by atoms with Crippen molar-refractivity contribution < 1.29 is 4.74 Å². The summed E-state index contributed by atoms with van der Waals surface area (Å²) in [6.45, 7) is 8.88. The second-order valence-corrected chi connectivity index (χ2v) is 8.96. The van der Waals surface area contributed by atoms with Crippen LogP contribution in [0, 0.1) is 0 Å². The van der Waals surface area contributed by atoms with Gasteiger partial charge in [-0.15, -0.1) is 12.4 Å². The van der Waals surface area contributed by atoms with Crippen LogP contribution in [-0.2, 0) is 30.9 Å². The zero-order valence-corrected chi connectivity index (χ0v) is 21.2. The molecule has 0 saturated carbocycles. The van der Waals surface area contributed by atoms with Crippen LogP contribution >= 0.6 is 12.4 Å². The maximum Gasteiger partial charge on any atom is 0.151 e. The number of nitrogens with two attached hydrogens (primary N) is 1. The molecule has 1 aliphatic heterocycles. The fourth-order valence-electron chi connectivity index (χ4n) is 4.49. The van der Waals surface area contributed by atoms with Crippen LogP contribution < -0.4 is 11.1 Å². The van der Waals surface area contributed by atoms with Gasteiger partial charge in [0, 0.05) is 38.8 Å². The smallest absolute Gasteiger partial charge is 0.151 e. The molecule has 2 aromatic heterocycles. The Bertz CT molecular complexity index is 1000. The molecule has 1 fully saturated rings. The molecule has 0 aliphatic carbocycles. The molecule has 0 amide bonds. The molecule has 3 aromatic rings. The van der Waals surface area contributed by atoms with E-state index in [0.29, 0.717) is 19.2 Å². The van der Waals surface area contributed by atoms with E-state index in [4.69, 9.17) is 15.5 Å². The van der Waals surface area contributed by atoms with Crippen LogP contribution in [0.4, 0.5) is 5.82 Å². The predicted molar refractivity (Wildman–Crippen MR) is 141 cm³/mol. The highest BCUT2D eigenvalue weighted by molar-refractivity contribution is 5.88. The molecule has 1 aromatic carbocycles. The molecule has 8 heteroatoms. The van der Waals surface area contributed by atoms with Gasteiger partial charge in [0.25, 0.3) is 0 Å². The summed E-state index contributed by atoms with van der Waals surface area (Å²) in [7, 11) is 0. The van der Waals surface area contributed by atoms with Crippen molar-refractivity contribution in [3.63, 3.8) is 0 Å². The minimum atomic E-state index is 0. The number of piperazine rings is 1. The number of aromatic nitrogens is 3. The van der Waals surface area contributed by atoms with Gasteiger partial charge in [-0.25, -0.2) is 9.97 Å². The number of hydrogen-bond donors (Lipinski definition) is 2. The van der Waals surface area contributed by atoms with Gasteiger partial charge in [-0.2, -0.15) is 0 Å². The standard InChI is InChI=1S/C26H38N6O.ClH/c1-2-3-12-23-29-24-22(11-7-8-15-31-16-13-28-14-17-31)18-32(25(24)26(27)30-23)20-33-19-21-9-5-4-6-10-21;/h4-6,9-10,18,28H,2-3,7-8,11-17,19-20H2,1H3,(H2,27,29,30);1H. The number of hydrogen-bond acceptors (Lipinski definition) is 6. The number of rotatable bonds is 12. The maximum atomic E-state index is 6.44. The van der Waals surface area contributed by atoms with Gasteiger partial charge in [-0.05, 0) is 43.4 Å². The van der Waals surface area contributed by atoms with E-state index in [1.54, 1.807) is 0 Å². The van der Waals surface area contributed by atoms with E-state index >= 15 is 0 Å². The van der Waals surface area contributed by atoms with Crippen molar-refractivity contribution in [2.45, 2.75) is 58.8 Å². The monoisotopic (exact) mass is 486 g/mol. The summed E-state index contributed by atoms with van der Waals surface area (Å²) < 4.78 is 8.11. The summed E-state index contributed by atoms with van der Waals surface area (Å²) in [6.07, 6.45) is 8.57. The number of ether oxygens (including phenoxy) is 1. The summed E-state index contributed by atoms with van der Waals surface area (Å²) in [5.41, 5.74) is 10.8. The number of aryl methyl sites for hydroxylation is 2. The summed E-state index contributed by atoms with van der Waals surface area (Å²) in [5.74, 6) is 1.41. The van der Waals surface area contributed by atoms with Gasteiger partial charge in [0.15, 0.2) is 5.82 Å². The SMILES string of the molecule is CCCCc1nc(N)c2c(n1)c(CCCCN1CCNCC1)cn2COCc1ccccc1.Cl. The number of benzene rings is 1. The fraction of sp³-hybridized carbons (Fsp3) is 0.538. The zero-order chi connectivity index (χ0) is 22.9. The van der Waals surface area contributed by atoms with Crippen LogP contribution in [0.3, 0.4) is 0 Å². The van der Waals surface area contributed by atoms with Crippen molar-refractivity contribution in [1.29, 1.82) is 0 Å². The Labute approximate surface area is 209 Å². The van der Waals surface area contributed by atoms with E-state index in [1.807, 2.05) is 18.2 Å². The highest BCUT2D eigenvalue weighted by Crippen LogP contribution is 2.26. The highest BCUT2D eigenvalue weighted by Gasteiger charge is 2.16. The van der Waals surface area contributed by atoms with E-state index in [1.165, 1.54) is 18.5 Å². The number of nitrogen functional groups attached to an aromatic ring is 1. The fourth-order valence-corrected chi connectivity index (χ4v) is 4.49. The van der Waals surface area contributed by atoms with Crippen molar-refractivity contribution >= 4 is 29.3 Å². The molecule has 1 saturated heterocycles. The second kappa shape index (κ2) is 13.6. The van der Waals surface area contributed by atoms with E-state index in [0.717, 1.165) is 80.7 Å². The van der Waals surface area contributed by atoms with Gasteiger partial charge in [0.2, 0.25) is 0 Å². The summed E-state index contributed by atoms with van der Waals surface area (Å²) in [5, 5.41) is 3.42. The molecule has 0 bridgehead atoms. The van der Waals surface area contributed by atoms with Crippen molar-refractivity contribution in [2.75, 3.05) is 38.5 Å². The largest absolute Gasteiger partial charge is 0.382 e. The lowest BCUT2D eigenvalue weighted by Crippen LogP contribution is -2.43. The maximum absolute atomic E-state index is 6.44. The zero-order valence-electron chi connectivity index (χ0n) is 20.3. The van der Waals surface area contributed by atoms with E-state index in [9.17, 15) is 0 Å². The number of halogens is 1. The molecule has 3 heterocycles. The highest BCUT2D eigenvalue weighted by atomic mass is 35.5. The lowest BCUT2D eigenvalue weighted by atomic mass is 10.1. The Morgan fingerprint density at radius 2 is 1.82 bits per heavy atom. The van der Waals surface area contributed by atoms with Gasteiger partial charge < -0.3 is 25.3 Å². The van der Waals surface area contributed by atoms with Crippen molar-refractivity contribution in [3.8, 4) is 0 Å². The van der Waals surface area contributed by atoms with Crippen LogP contribution in [0.5, 0.6) is 0 Å². The molecular weight excluding hydrogens is 448 g/mol. The number of anilines is 1. The van der Waals surface area contributed by atoms with E-state index < -0.39 is 0 Å². The third-order valence-electron chi connectivity index (χ3n) is 6.34. The summed E-state index contributed by atoms with van der Waals surface area (Å²) in [4.78, 5) is 12.1. The quantitative estimate of drug-likeness (QED) is 0.374. The van der Waals surface area contributed by atoms with Crippen molar-refractivity contribution in [1.82, 2.24) is 24.8 Å². The number of fused-ring (bicyclic) bond motifs is 1. The number of nitrogens with one attached hydrogen (secondary N) is 1. The molecule has 7 nitrogen and oxygen atoms in total. The lowest BCUT2D eigenvalue weighted by Gasteiger charge is -2.26. The Morgan fingerprint density at radius 1 is 1.03 bits per heavy atom. The first-order valence-corrected chi connectivity index (χ1v) is 12.4. The number of nitrogens with zero attached hydrogens (tertiary/aromatic N) is 4. The Balaban J connectivity index is 0.00000324. The van der Waals surface area contributed by atoms with Crippen LogP contribution in [0.1, 0.15) is 49.6 Å². The third-order valence-corrected chi connectivity index (χ3v) is 6.34. The molecule has 186 valence electrons. The Kier molecular flexibility index (Phi) is 10.6. The van der Waals surface area contributed by atoms with Crippen LogP contribution in [0.25, 0.3) is 11.0 Å². The van der Waals surface area contributed by atoms with Gasteiger partial charge in [-0.1, -0.05) is 43.7 Å². The molecule has 0 spiro atoms. The van der Waals surface area contributed by atoms with E-state index in [2.05, 4.69) is 45.0 Å². The van der Waals surface area contributed by atoms with E-state index in [-0.39, 0.29) is 12.4 Å². The van der Waals surface area contributed by atoms with Gasteiger partial charge >= 0.3 is 0 Å². The first-order chi connectivity index (χ1) is 16.2. The first kappa shape index (κ1) is 26.4. The summed E-state index contributed by atoms with van der Waals surface area (Å²) >= 11 is 0. The second-order valence-electron chi connectivity index (χ2n) is 8.96. The molecule has 1 aliphatic rings. The molecule has 0 unspecified atom stereocenters. The van der Waals surface area contributed by atoms with Crippen LogP contribution in [-0.4, -0.2) is 52.2 Å². The topological polar surface area (TPSA) is 81.2 Å². The number of unbranched alkanes of at least 4 members (excludes halogenated alkanes) is 2. The lowest BCUT2D eigenvalue weighted by molar-refractivity contribution is 0.0667. The normalized spacial score (nSPS) is 14.4. The van der Waals surface area contributed by atoms with Crippen molar-refractivity contribution in [2.24, 2.45) is 0 Å².